The van der Waals surface area contributed by atoms with Crippen molar-refractivity contribution in [2.45, 2.75) is 0 Å². The Bertz CT molecular complexity index is 737. The van der Waals surface area contributed by atoms with Gasteiger partial charge in [-0.1, -0.05) is 34.8 Å². The molecule has 2 rings (SSSR count). The molecule has 4 nitrogen and oxygen atoms in total. The molecular weight excluding hydrogens is 344 g/mol. The van der Waals surface area contributed by atoms with Gasteiger partial charge in [-0.15, -0.1) is 0 Å². The number of carboxylic acid groups (broad SMARTS) is 1. The summed E-state index contributed by atoms with van der Waals surface area (Å²) in [6.07, 6.45) is 0. The topological polar surface area (TPSA) is 72.5 Å². The molecule has 0 radical (unpaired) electrons. The third-order valence-corrected chi connectivity index (χ3v) is 3.55. The molecule has 0 aliphatic heterocycles. The number of anilines is 1. The number of nitrogen functional groups attached to an aromatic ring is 1. The van der Waals surface area contributed by atoms with E-state index < -0.39 is 11.8 Å². The zero-order chi connectivity index (χ0) is 15.7. The maximum Gasteiger partial charge on any atom is 0.337 e. The Labute approximate surface area is 133 Å². The Kier molecular flexibility index (Phi) is 4.46. The van der Waals surface area contributed by atoms with Gasteiger partial charge in [-0.2, -0.15) is 0 Å². The highest BCUT2D eigenvalue weighted by Gasteiger charge is 2.16. The number of carboxylic acids is 1. The summed E-state index contributed by atoms with van der Waals surface area (Å²) in [5.74, 6) is -2.45. The zero-order valence-electron chi connectivity index (χ0n) is 10.2. The monoisotopic (exact) mass is 349 g/mol. The van der Waals surface area contributed by atoms with E-state index in [1.807, 2.05) is 0 Å². The first-order chi connectivity index (χ1) is 9.79. The third kappa shape index (κ3) is 3.32. The van der Waals surface area contributed by atoms with Crippen LogP contribution in [0.3, 0.4) is 0 Å². The first kappa shape index (κ1) is 15.7. The van der Waals surface area contributed by atoms with Gasteiger partial charge in [0.1, 0.15) is 5.75 Å². The summed E-state index contributed by atoms with van der Waals surface area (Å²) in [4.78, 5) is 11.0. The van der Waals surface area contributed by atoms with Gasteiger partial charge in [0, 0.05) is 23.9 Å². The SMILES string of the molecule is Nc1cc(F)c(Oc2cc(Cl)c(Cl)cc2Cl)cc1C(=O)O. The van der Waals surface area contributed by atoms with E-state index in [9.17, 15) is 9.18 Å². The average Bonchev–Trinajstić information content (AvgIpc) is 2.38. The van der Waals surface area contributed by atoms with Gasteiger partial charge in [0.15, 0.2) is 11.6 Å². The molecule has 0 aliphatic rings. The van der Waals surface area contributed by atoms with Crippen LogP contribution in [0.5, 0.6) is 11.5 Å². The van der Waals surface area contributed by atoms with Gasteiger partial charge in [0.25, 0.3) is 0 Å². The molecule has 0 aliphatic carbocycles. The van der Waals surface area contributed by atoms with Crippen LogP contribution in [0, 0.1) is 5.82 Å². The minimum absolute atomic E-state index is 0.0334. The van der Waals surface area contributed by atoms with E-state index in [1.54, 1.807) is 0 Å². The molecule has 0 amide bonds. The summed E-state index contributed by atoms with van der Waals surface area (Å²) in [5, 5.41) is 9.42. The second-order valence-corrected chi connectivity index (χ2v) is 5.20. The molecule has 110 valence electrons. The van der Waals surface area contributed by atoms with Crippen LogP contribution < -0.4 is 10.5 Å². The van der Waals surface area contributed by atoms with Gasteiger partial charge in [-0.05, 0) is 6.07 Å². The highest BCUT2D eigenvalue weighted by molar-refractivity contribution is 6.43. The summed E-state index contributed by atoms with van der Waals surface area (Å²) < 4.78 is 19.0. The predicted molar refractivity (Wildman–Crippen MR) is 79.3 cm³/mol. The largest absolute Gasteiger partial charge is 0.478 e. The fourth-order valence-electron chi connectivity index (χ4n) is 1.53. The highest BCUT2D eigenvalue weighted by Crippen LogP contribution is 2.37. The minimum Gasteiger partial charge on any atom is -0.478 e. The van der Waals surface area contributed by atoms with Crippen molar-refractivity contribution in [1.82, 2.24) is 0 Å². The van der Waals surface area contributed by atoms with E-state index in [4.69, 9.17) is 50.4 Å². The van der Waals surface area contributed by atoms with Crippen molar-refractivity contribution in [1.29, 1.82) is 0 Å². The maximum absolute atomic E-state index is 13.8. The molecule has 3 N–H and O–H groups in total. The Morgan fingerprint density at radius 1 is 1.05 bits per heavy atom. The van der Waals surface area contributed by atoms with Gasteiger partial charge in [0.05, 0.1) is 20.6 Å². The standard InChI is InChI=1S/C13H7Cl3FNO3/c14-6-2-8(16)11(3-7(6)15)21-12-1-5(13(19)20)10(18)4-9(12)17/h1-4H,18H2,(H,19,20). The van der Waals surface area contributed by atoms with Crippen LogP contribution in [0.15, 0.2) is 24.3 Å². The average molecular weight is 351 g/mol. The van der Waals surface area contributed by atoms with Crippen molar-refractivity contribution in [3.8, 4) is 11.5 Å². The minimum atomic E-state index is -1.31. The third-order valence-electron chi connectivity index (χ3n) is 2.53. The molecule has 8 heteroatoms. The van der Waals surface area contributed by atoms with E-state index in [-0.39, 0.29) is 37.8 Å². The summed E-state index contributed by atoms with van der Waals surface area (Å²) in [6, 6.07) is 4.44. The Hall–Kier alpha value is -1.69. The zero-order valence-corrected chi connectivity index (χ0v) is 12.4. The molecule has 0 saturated carbocycles. The number of nitrogens with two attached hydrogens (primary N) is 1. The lowest BCUT2D eigenvalue weighted by Gasteiger charge is -2.11. The number of rotatable bonds is 3. The van der Waals surface area contributed by atoms with E-state index in [0.29, 0.717) is 0 Å². The van der Waals surface area contributed by atoms with Crippen molar-refractivity contribution < 1.29 is 19.0 Å². The molecule has 0 bridgehead atoms. The molecule has 0 fully saturated rings. The number of hydrogen-bond donors (Lipinski definition) is 2. The number of benzene rings is 2. The predicted octanol–water partition coefficient (Wildman–Crippen LogP) is 4.86. The number of halogens is 4. The van der Waals surface area contributed by atoms with Crippen LogP contribution in [0.2, 0.25) is 15.1 Å². The van der Waals surface area contributed by atoms with Crippen LogP contribution >= 0.6 is 34.8 Å². The van der Waals surface area contributed by atoms with Gasteiger partial charge in [-0.3, -0.25) is 0 Å². The number of carbonyl (C=O) groups is 1. The molecule has 2 aromatic rings. The van der Waals surface area contributed by atoms with Crippen LogP contribution in [0.1, 0.15) is 10.4 Å². The van der Waals surface area contributed by atoms with E-state index in [1.165, 1.54) is 12.1 Å². The second kappa shape index (κ2) is 5.97. The lowest BCUT2D eigenvalue weighted by molar-refractivity contribution is 0.0697. The number of hydrogen-bond acceptors (Lipinski definition) is 3. The van der Waals surface area contributed by atoms with Crippen LogP contribution in [0.25, 0.3) is 0 Å². The van der Waals surface area contributed by atoms with E-state index in [2.05, 4.69) is 0 Å². The molecule has 0 spiro atoms. The molecule has 2 aromatic carbocycles. The summed E-state index contributed by atoms with van der Waals surface area (Å²) in [7, 11) is 0. The van der Waals surface area contributed by atoms with Gasteiger partial charge < -0.3 is 15.6 Å². The van der Waals surface area contributed by atoms with Gasteiger partial charge >= 0.3 is 5.97 Å². The Balaban J connectivity index is 2.47. The van der Waals surface area contributed by atoms with Gasteiger partial charge in [0.2, 0.25) is 0 Å². The Morgan fingerprint density at radius 3 is 2.29 bits per heavy atom. The molecule has 0 unspecified atom stereocenters. The molecule has 0 heterocycles. The second-order valence-electron chi connectivity index (χ2n) is 3.97. The van der Waals surface area contributed by atoms with Crippen molar-refractivity contribution in [3.63, 3.8) is 0 Å². The van der Waals surface area contributed by atoms with Crippen molar-refractivity contribution in [3.05, 3.63) is 50.7 Å². The Morgan fingerprint density at radius 2 is 1.67 bits per heavy atom. The number of ether oxygens (including phenoxy) is 1. The van der Waals surface area contributed by atoms with Crippen molar-refractivity contribution in [2.75, 3.05) is 5.73 Å². The molecular formula is C13H7Cl3FNO3. The molecule has 0 atom stereocenters. The quantitative estimate of drug-likeness (QED) is 0.612. The van der Waals surface area contributed by atoms with Crippen LogP contribution in [0.4, 0.5) is 10.1 Å². The normalized spacial score (nSPS) is 10.5. The van der Waals surface area contributed by atoms with E-state index in [0.717, 1.165) is 12.1 Å². The molecule has 0 saturated heterocycles. The first-order valence-electron chi connectivity index (χ1n) is 5.44. The fourth-order valence-corrected chi connectivity index (χ4v) is 2.11. The maximum atomic E-state index is 13.8. The lowest BCUT2D eigenvalue weighted by atomic mass is 10.1. The van der Waals surface area contributed by atoms with E-state index >= 15 is 0 Å². The molecule has 21 heavy (non-hydrogen) atoms. The summed E-state index contributed by atoms with van der Waals surface area (Å²) in [6.45, 7) is 0. The van der Waals surface area contributed by atoms with Gasteiger partial charge in [-0.25, -0.2) is 9.18 Å². The summed E-state index contributed by atoms with van der Waals surface area (Å²) >= 11 is 17.5. The first-order valence-corrected chi connectivity index (χ1v) is 6.57. The number of aromatic carboxylic acids is 1. The smallest absolute Gasteiger partial charge is 0.337 e. The summed E-state index contributed by atoms with van der Waals surface area (Å²) in [5.41, 5.74) is 4.91. The fraction of sp³-hybridized carbons (Fsp3) is 0. The van der Waals surface area contributed by atoms with Crippen LogP contribution in [-0.4, -0.2) is 11.1 Å². The molecule has 0 aromatic heterocycles. The van der Waals surface area contributed by atoms with Crippen molar-refractivity contribution >= 4 is 46.5 Å². The van der Waals surface area contributed by atoms with Crippen molar-refractivity contribution in [2.24, 2.45) is 0 Å². The van der Waals surface area contributed by atoms with Crippen LogP contribution in [-0.2, 0) is 0 Å². The highest BCUT2D eigenvalue weighted by atomic mass is 35.5. The lowest BCUT2D eigenvalue weighted by Crippen LogP contribution is -2.04.